The minimum absolute atomic E-state index is 0.192. The van der Waals surface area contributed by atoms with Crippen LogP contribution in [-0.4, -0.2) is 23.5 Å². The van der Waals surface area contributed by atoms with Gasteiger partial charge in [0, 0.05) is 18.8 Å². The zero-order valence-electron chi connectivity index (χ0n) is 10.8. The van der Waals surface area contributed by atoms with E-state index < -0.39 is 0 Å². The third kappa shape index (κ3) is 2.45. The summed E-state index contributed by atoms with van der Waals surface area (Å²) in [6.45, 7) is 2.56. The van der Waals surface area contributed by atoms with E-state index in [0.717, 1.165) is 12.8 Å². The van der Waals surface area contributed by atoms with Crippen molar-refractivity contribution in [2.45, 2.75) is 25.8 Å². The summed E-state index contributed by atoms with van der Waals surface area (Å²) in [4.78, 5) is 17.6. The predicted octanol–water partition coefficient (Wildman–Crippen LogP) is 0.626. The van der Waals surface area contributed by atoms with Gasteiger partial charge in [-0.15, -0.1) is 0 Å². The number of primary amides is 1. The van der Waals surface area contributed by atoms with E-state index in [9.17, 15) is 4.79 Å². The van der Waals surface area contributed by atoms with Gasteiger partial charge in [0.2, 0.25) is 5.91 Å². The molecule has 0 spiro atoms. The molecule has 1 amide bonds. The van der Waals surface area contributed by atoms with Crippen LogP contribution in [0.3, 0.4) is 0 Å². The topological polar surface area (TPSA) is 109 Å². The fraction of sp³-hybridized carbons (Fsp3) is 0.462. The molecule has 100 valence electrons. The maximum atomic E-state index is 11.3. The first kappa shape index (κ1) is 13.1. The molecule has 1 aromatic rings. The van der Waals surface area contributed by atoms with Crippen LogP contribution in [0.2, 0.25) is 0 Å². The van der Waals surface area contributed by atoms with E-state index in [1.165, 1.54) is 0 Å². The summed E-state index contributed by atoms with van der Waals surface area (Å²) >= 11 is 0. The third-order valence-electron chi connectivity index (χ3n) is 3.65. The van der Waals surface area contributed by atoms with Crippen LogP contribution in [0.25, 0.3) is 0 Å². The van der Waals surface area contributed by atoms with E-state index in [4.69, 9.17) is 16.7 Å². The van der Waals surface area contributed by atoms with Gasteiger partial charge in [0.05, 0.1) is 17.2 Å². The molecule has 1 aliphatic heterocycles. The smallest absolute Gasteiger partial charge is 0.222 e. The molecule has 2 unspecified atom stereocenters. The standard InChI is InChI=1S/C13H17N5O/c1-8-2-3-10(12(16)19)7-18(8)13-11(15)9(6-14)4-5-17-13/h4-5,8,10H,2-3,7,15H2,1H3,(H2,16,19). The first-order valence-corrected chi connectivity index (χ1v) is 6.25. The van der Waals surface area contributed by atoms with Crippen molar-refractivity contribution in [1.29, 1.82) is 5.26 Å². The molecule has 0 aliphatic carbocycles. The van der Waals surface area contributed by atoms with Gasteiger partial charge < -0.3 is 16.4 Å². The largest absolute Gasteiger partial charge is 0.395 e. The number of hydrogen-bond donors (Lipinski definition) is 2. The Morgan fingerprint density at radius 1 is 1.58 bits per heavy atom. The van der Waals surface area contributed by atoms with Gasteiger partial charge in [0.1, 0.15) is 6.07 Å². The lowest BCUT2D eigenvalue weighted by Crippen LogP contribution is -2.46. The SMILES string of the molecule is CC1CCC(C(N)=O)CN1c1nccc(C#N)c1N. The molecule has 0 bridgehead atoms. The highest BCUT2D eigenvalue weighted by atomic mass is 16.1. The molecule has 6 heteroatoms. The van der Waals surface area contributed by atoms with Crippen LogP contribution in [0, 0.1) is 17.2 Å². The quantitative estimate of drug-likeness (QED) is 0.809. The minimum atomic E-state index is -0.299. The number of nitrogens with zero attached hydrogens (tertiary/aromatic N) is 3. The molecule has 1 aliphatic rings. The van der Waals surface area contributed by atoms with Gasteiger partial charge in [0.25, 0.3) is 0 Å². The van der Waals surface area contributed by atoms with Crippen molar-refractivity contribution in [3.63, 3.8) is 0 Å². The first-order valence-electron chi connectivity index (χ1n) is 6.25. The Bertz CT molecular complexity index is 536. The van der Waals surface area contributed by atoms with E-state index >= 15 is 0 Å². The van der Waals surface area contributed by atoms with Crippen molar-refractivity contribution in [1.82, 2.24) is 4.98 Å². The minimum Gasteiger partial charge on any atom is -0.395 e. The number of nitrogen functional groups attached to an aromatic ring is 1. The van der Waals surface area contributed by atoms with E-state index in [1.807, 2.05) is 11.0 Å². The molecule has 2 rings (SSSR count). The van der Waals surface area contributed by atoms with Crippen molar-refractivity contribution >= 4 is 17.4 Å². The summed E-state index contributed by atoms with van der Waals surface area (Å²) in [5, 5.41) is 9.00. The highest BCUT2D eigenvalue weighted by Crippen LogP contribution is 2.31. The number of carbonyl (C=O) groups is 1. The number of nitrogens with two attached hydrogens (primary N) is 2. The Hall–Kier alpha value is -2.29. The lowest BCUT2D eigenvalue weighted by atomic mass is 9.92. The van der Waals surface area contributed by atoms with Crippen LogP contribution >= 0.6 is 0 Å². The third-order valence-corrected chi connectivity index (χ3v) is 3.65. The molecule has 1 saturated heterocycles. The fourth-order valence-electron chi connectivity index (χ4n) is 2.42. The van der Waals surface area contributed by atoms with Crippen LogP contribution in [0.15, 0.2) is 12.3 Å². The van der Waals surface area contributed by atoms with Crippen molar-refractivity contribution in [2.75, 3.05) is 17.2 Å². The molecule has 0 saturated carbocycles. The van der Waals surface area contributed by atoms with Crippen LogP contribution < -0.4 is 16.4 Å². The van der Waals surface area contributed by atoms with E-state index in [2.05, 4.69) is 11.9 Å². The number of aromatic nitrogens is 1. The Balaban J connectivity index is 2.34. The van der Waals surface area contributed by atoms with Gasteiger partial charge in [-0.05, 0) is 25.8 Å². The number of amides is 1. The molecule has 0 aromatic carbocycles. The van der Waals surface area contributed by atoms with Gasteiger partial charge >= 0.3 is 0 Å². The fourth-order valence-corrected chi connectivity index (χ4v) is 2.42. The van der Waals surface area contributed by atoms with Crippen molar-refractivity contribution < 1.29 is 4.79 Å². The molecule has 6 nitrogen and oxygen atoms in total. The molecule has 2 atom stereocenters. The summed E-state index contributed by atoms with van der Waals surface area (Å²) < 4.78 is 0. The van der Waals surface area contributed by atoms with E-state index in [1.54, 1.807) is 12.3 Å². The zero-order chi connectivity index (χ0) is 14.0. The van der Waals surface area contributed by atoms with Crippen LogP contribution in [-0.2, 0) is 4.79 Å². The van der Waals surface area contributed by atoms with Crippen molar-refractivity contribution in [2.24, 2.45) is 11.7 Å². The van der Waals surface area contributed by atoms with Crippen molar-refractivity contribution in [3.05, 3.63) is 17.8 Å². The summed E-state index contributed by atoms with van der Waals surface area (Å²) in [5.74, 6) is 0.0764. The molecular formula is C13H17N5O. The highest BCUT2D eigenvalue weighted by Gasteiger charge is 2.30. The molecule has 19 heavy (non-hydrogen) atoms. The van der Waals surface area contributed by atoms with Gasteiger partial charge in [-0.3, -0.25) is 4.79 Å². The average Bonchev–Trinajstić information content (AvgIpc) is 2.39. The number of piperidine rings is 1. The second-order valence-corrected chi connectivity index (χ2v) is 4.89. The second kappa shape index (κ2) is 5.14. The maximum Gasteiger partial charge on any atom is 0.222 e. The zero-order valence-corrected chi connectivity index (χ0v) is 10.8. The number of nitriles is 1. The number of pyridine rings is 1. The average molecular weight is 259 g/mol. The monoisotopic (exact) mass is 259 g/mol. The lowest BCUT2D eigenvalue weighted by Gasteiger charge is -2.38. The second-order valence-electron chi connectivity index (χ2n) is 4.89. The van der Waals surface area contributed by atoms with E-state index in [0.29, 0.717) is 23.6 Å². The van der Waals surface area contributed by atoms with Crippen molar-refractivity contribution in [3.8, 4) is 6.07 Å². The number of hydrogen-bond acceptors (Lipinski definition) is 5. The Kier molecular flexibility index (Phi) is 3.56. The molecule has 4 N–H and O–H groups in total. The maximum absolute atomic E-state index is 11.3. The highest BCUT2D eigenvalue weighted by molar-refractivity contribution is 5.78. The molecule has 1 fully saturated rings. The molecule has 0 radical (unpaired) electrons. The predicted molar refractivity (Wildman–Crippen MR) is 72.1 cm³/mol. The Morgan fingerprint density at radius 3 is 2.95 bits per heavy atom. The Labute approximate surface area is 112 Å². The lowest BCUT2D eigenvalue weighted by molar-refractivity contribution is -0.122. The molecule has 1 aromatic heterocycles. The summed E-state index contributed by atoms with van der Waals surface area (Å²) in [5.41, 5.74) is 12.1. The van der Waals surface area contributed by atoms with Gasteiger partial charge in [0.15, 0.2) is 5.82 Å². The molecule has 2 heterocycles. The van der Waals surface area contributed by atoms with Gasteiger partial charge in [-0.1, -0.05) is 0 Å². The number of anilines is 2. The van der Waals surface area contributed by atoms with Gasteiger partial charge in [-0.25, -0.2) is 4.98 Å². The van der Waals surface area contributed by atoms with E-state index in [-0.39, 0.29) is 17.9 Å². The van der Waals surface area contributed by atoms with Gasteiger partial charge in [-0.2, -0.15) is 5.26 Å². The first-order chi connectivity index (χ1) is 9.04. The summed E-state index contributed by atoms with van der Waals surface area (Å²) in [7, 11) is 0. The number of rotatable bonds is 2. The normalized spacial score (nSPS) is 22.8. The van der Waals surface area contributed by atoms with Crippen LogP contribution in [0.4, 0.5) is 11.5 Å². The Morgan fingerprint density at radius 2 is 2.32 bits per heavy atom. The number of carbonyl (C=O) groups excluding carboxylic acids is 1. The summed E-state index contributed by atoms with van der Waals surface area (Å²) in [6, 6.07) is 3.84. The van der Waals surface area contributed by atoms with Crippen LogP contribution in [0.1, 0.15) is 25.3 Å². The molecular weight excluding hydrogens is 242 g/mol. The van der Waals surface area contributed by atoms with Crippen LogP contribution in [0.5, 0.6) is 0 Å². The summed E-state index contributed by atoms with van der Waals surface area (Å²) in [6.07, 6.45) is 3.20.